The highest BCUT2D eigenvalue weighted by molar-refractivity contribution is 5.14. The van der Waals surface area contributed by atoms with Gasteiger partial charge < -0.3 is 5.32 Å². The zero-order valence-corrected chi connectivity index (χ0v) is 6.02. The van der Waals surface area contributed by atoms with Crippen LogP contribution in [-0.4, -0.2) is 0 Å². The topological polar surface area (TPSA) is 12.0 Å². The molecule has 0 saturated carbocycles. The van der Waals surface area contributed by atoms with E-state index in [-0.39, 0.29) is 0 Å². The molecule has 0 aliphatic rings. The van der Waals surface area contributed by atoms with E-state index in [1.54, 1.807) is 6.20 Å². The highest BCUT2D eigenvalue weighted by Crippen LogP contribution is 1.90. The van der Waals surface area contributed by atoms with Crippen LogP contribution in [0.5, 0.6) is 0 Å². The first-order chi connectivity index (χ1) is 4.31. The summed E-state index contributed by atoms with van der Waals surface area (Å²) in [6, 6.07) is 0. The molecule has 0 saturated heterocycles. The molecule has 0 bridgehead atoms. The summed E-state index contributed by atoms with van der Waals surface area (Å²) in [5, 5.41) is 2.86. The lowest BCUT2D eigenvalue weighted by atomic mass is 10.3. The van der Waals surface area contributed by atoms with Crippen LogP contribution in [-0.2, 0) is 0 Å². The molecule has 0 rings (SSSR count). The summed E-state index contributed by atoms with van der Waals surface area (Å²) >= 11 is 0. The molecule has 0 aliphatic carbocycles. The second kappa shape index (κ2) is 5.16. The van der Waals surface area contributed by atoms with Crippen molar-refractivity contribution in [3.05, 3.63) is 36.7 Å². The second-order valence-corrected chi connectivity index (χ2v) is 1.74. The van der Waals surface area contributed by atoms with Crippen molar-refractivity contribution in [2.24, 2.45) is 0 Å². The average molecular weight is 123 g/mol. The van der Waals surface area contributed by atoms with E-state index in [4.69, 9.17) is 0 Å². The summed E-state index contributed by atoms with van der Waals surface area (Å²) in [6.45, 7) is 7.55. The molecule has 0 aromatic carbocycles. The van der Waals surface area contributed by atoms with Gasteiger partial charge in [-0.15, -0.1) is 0 Å². The Kier molecular flexibility index (Phi) is 4.60. The lowest BCUT2D eigenvalue weighted by molar-refractivity contribution is 1.19. The molecule has 0 aromatic rings. The Morgan fingerprint density at radius 3 is 2.67 bits per heavy atom. The van der Waals surface area contributed by atoms with Crippen LogP contribution in [0.4, 0.5) is 0 Å². The Morgan fingerprint density at radius 1 is 1.56 bits per heavy atom. The zero-order chi connectivity index (χ0) is 7.11. The van der Waals surface area contributed by atoms with Crippen molar-refractivity contribution in [2.45, 2.75) is 13.8 Å². The minimum atomic E-state index is 1.24. The Bertz CT molecular complexity index is 132. The number of hydrogen-bond acceptors (Lipinski definition) is 1. The van der Waals surface area contributed by atoms with Crippen LogP contribution in [0, 0.1) is 0 Å². The second-order valence-electron chi connectivity index (χ2n) is 1.74. The molecular weight excluding hydrogens is 110 g/mol. The minimum absolute atomic E-state index is 1.24. The van der Waals surface area contributed by atoms with E-state index in [2.05, 4.69) is 11.9 Å². The first-order valence-corrected chi connectivity index (χ1v) is 2.97. The first-order valence-electron chi connectivity index (χ1n) is 2.97. The molecule has 50 valence electrons. The summed E-state index contributed by atoms with van der Waals surface area (Å²) in [4.78, 5) is 0. The monoisotopic (exact) mass is 123 g/mol. The third-order valence-electron chi connectivity index (χ3n) is 1.02. The van der Waals surface area contributed by atoms with Gasteiger partial charge in [0.25, 0.3) is 0 Å². The highest BCUT2D eigenvalue weighted by atomic mass is 14.8. The van der Waals surface area contributed by atoms with Gasteiger partial charge in [-0.25, -0.2) is 0 Å². The van der Waals surface area contributed by atoms with Crippen molar-refractivity contribution < 1.29 is 0 Å². The molecule has 0 heterocycles. The van der Waals surface area contributed by atoms with Crippen LogP contribution < -0.4 is 5.32 Å². The van der Waals surface area contributed by atoms with E-state index < -0.39 is 0 Å². The summed E-state index contributed by atoms with van der Waals surface area (Å²) in [5.41, 5.74) is 1.24. The maximum Gasteiger partial charge on any atom is 0.000671 e. The van der Waals surface area contributed by atoms with Gasteiger partial charge in [0.05, 0.1) is 0 Å². The van der Waals surface area contributed by atoms with Crippen molar-refractivity contribution in [2.75, 3.05) is 0 Å². The summed E-state index contributed by atoms with van der Waals surface area (Å²) in [6.07, 6.45) is 7.52. The fraction of sp³-hybridized carbons (Fsp3) is 0.250. The van der Waals surface area contributed by atoms with Gasteiger partial charge in [0.1, 0.15) is 0 Å². The fourth-order valence-corrected chi connectivity index (χ4v) is 0.344. The van der Waals surface area contributed by atoms with Crippen LogP contribution in [0.15, 0.2) is 36.7 Å². The van der Waals surface area contributed by atoms with Crippen LogP contribution in [0.1, 0.15) is 13.8 Å². The molecule has 9 heavy (non-hydrogen) atoms. The molecule has 1 N–H and O–H groups in total. The van der Waals surface area contributed by atoms with Crippen molar-refractivity contribution in [3.63, 3.8) is 0 Å². The predicted octanol–water partition coefficient (Wildman–Crippen LogP) is 2.20. The van der Waals surface area contributed by atoms with E-state index >= 15 is 0 Å². The van der Waals surface area contributed by atoms with Crippen LogP contribution in [0.3, 0.4) is 0 Å². The van der Waals surface area contributed by atoms with Crippen molar-refractivity contribution in [1.82, 2.24) is 5.32 Å². The highest BCUT2D eigenvalue weighted by Gasteiger charge is 1.72. The molecule has 0 unspecified atom stereocenters. The van der Waals surface area contributed by atoms with Gasteiger partial charge >= 0.3 is 0 Å². The van der Waals surface area contributed by atoms with E-state index in [0.717, 1.165) is 0 Å². The number of hydrogen-bond donors (Lipinski definition) is 1. The molecule has 0 spiro atoms. The zero-order valence-electron chi connectivity index (χ0n) is 6.02. The summed E-state index contributed by atoms with van der Waals surface area (Å²) in [7, 11) is 0. The number of rotatable bonds is 3. The van der Waals surface area contributed by atoms with Gasteiger partial charge in [-0.2, -0.15) is 0 Å². The summed E-state index contributed by atoms with van der Waals surface area (Å²) < 4.78 is 0. The van der Waals surface area contributed by atoms with Crippen LogP contribution in [0.2, 0.25) is 0 Å². The van der Waals surface area contributed by atoms with E-state index in [1.165, 1.54) is 5.57 Å². The SMILES string of the molecule is C=CN/C=C\C(C)=C/C. The molecule has 1 heteroatoms. The van der Waals surface area contributed by atoms with Crippen molar-refractivity contribution in [1.29, 1.82) is 0 Å². The largest absolute Gasteiger partial charge is 0.368 e. The molecule has 1 nitrogen and oxygen atoms in total. The molecule has 0 aliphatic heterocycles. The molecule has 0 aromatic heterocycles. The maximum absolute atomic E-state index is 3.50. The van der Waals surface area contributed by atoms with Gasteiger partial charge in [-0.1, -0.05) is 18.2 Å². The van der Waals surface area contributed by atoms with Gasteiger partial charge in [0.15, 0.2) is 0 Å². The Morgan fingerprint density at radius 2 is 2.22 bits per heavy atom. The van der Waals surface area contributed by atoms with Crippen molar-refractivity contribution in [3.8, 4) is 0 Å². The molecule has 0 amide bonds. The minimum Gasteiger partial charge on any atom is -0.368 e. The number of nitrogens with one attached hydrogen (secondary N) is 1. The van der Waals surface area contributed by atoms with Gasteiger partial charge in [0, 0.05) is 6.20 Å². The molecular formula is C8H13N. The van der Waals surface area contributed by atoms with Crippen molar-refractivity contribution >= 4 is 0 Å². The predicted molar refractivity (Wildman–Crippen MR) is 41.9 cm³/mol. The average Bonchev–Trinajstić information content (AvgIpc) is 1.89. The third kappa shape index (κ3) is 4.88. The van der Waals surface area contributed by atoms with Crippen LogP contribution in [0.25, 0.3) is 0 Å². The lowest BCUT2D eigenvalue weighted by Crippen LogP contribution is -1.88. The van der Waals surface area contributed by atoms with E-state index in [9.17, 15) is 0 Å². The maximum atomic E-state index is 3.50. The smallest absolute Gasteiger partial charge is 0.000671 e. The Labute approximate surface area is 56.8 Å². The Hall–Kier alpha value is -0.980. The molecule has 0 radical (unpaired) electrons. The summed E-state index contributed by atoms with van der Waals surface area (Å²) in [5.74, 6) is 0. The standard InChI is InChI=1S/C8H13N/c1-4-8(3)6-7-9-5-2/h4-7,9H,2H2,1,3H3/b7-6-,8-4-. The van der Waals surface area contributed by atoms with E-state index in [0.29, 0.717) is 0 Å². The van der Waals surface area contributed by atoms with Gasteiger partial charge in [-0.3, -0.25) is 0 Å². The fourth-order valence-electron chi connectivity index (χ4n) is 0.344. The van der Waals surface area contributed by atoms with Crippen LogP contribution >= 0.6 is 0 Å². The normalized spacial score (nSPS) is 12.0. The quantitative estimate of drug-likeness (QED) is 0.567. The van der Waals surface area contributed by atoms with Gasteiger partial charge in [-0.05, 0) is 26.1 Å². The third-order valence-corrected chi connectivity index (χ3v) is 1.02. The molecule has 0 fully saturated rings. The molecule has 0 atom stereocenters. The Balaban J connectivity index is 3.56. The number of allylic oxidation sites excluding steroid dienone is 3. The lowest BCUT2D eigenvalue weighted by Gasteiger charge is -1.87. The first kappa shape index (κ1) is 8.02. The van der Waals surface area contributed by atoms with Gasteiger partial charge in [0.2, 0.25) is 0 Å². The van der Waals surface area contributed by atoms with E-state index in [1.807, 2.05) is 32.2 Å².